The van der Waals surface area contributed by atoms with Gasteiger partial charge in [-0.1, -0.05) is 6.92 Å². The lowest BCUT2D eigenvalue weighted by molar-refractivity contribution is 0.0995. The summed E-state index contributed by atoms with van der Waals surface area (Å²) in [5, 5.41) is 4.03. The Morgan fingerprint density at radius 2 is 2.29 bits per heavy atom. The quantitative estimate of drug-likeness (QED) is 0.859. The number of halogens is 1. The highest BCUT2D eigenvalue weighted by Crippen LogP contribution is 2.12. The lowest BCUT2D eigenvalue weighted by atomic mass is 10.4. The third-order valence-corrected chi connectivity index (χ3v) is 2.53. The highest BCUT2D eigenvalue weighted by Gasteiger charge is 2.08. The molecule has 0 bridgehead atoms. The SMILES string of the molecule is CCc1nc(Br)cc(-n2ccc(C(N)=O)n2)n1. The first-order valence-electron chi connectivity index (χ1n) is 4.99. The van der Waals surface area contributed by atoms with E-state index in [1.54, 1.807) is 18.3 Å². The van der Waals surface area contributed by atoms with Crippen LogP contribution in [-0.2, 0) is 6.42 Å². The van der Waals surface area contributed by atoms with E-state index in [9.17, 15) is 4.79 Å². The normalized spacial score (nSPS) is 10.5. The van der Waals surface area contributed by atoms with E-state index in [1.165, 1.54) is 4.68 Å². The summed E-state index contributed by atoms with van der Waals surface area (Å²) in [6.07, 6.45) is 2.35. The van der Waals surface area contributed by atoms with Gasteiger partial charge >= 0.3 is 0 Å². The highest BCUT2D eigenvalue weighted by molar-refractivity contribution is 9.10. The predicted octanol–water partition coefficient (Wildman–Crippen LogP) is 1.09. The van der Waals surface area contributed by atoms with E-state index < -0.39 is 5.91 Å². The molecule has 0 radical (unpaired) electrons. The van der Waals surface area contributed by atoms with Crippen molar-refractivity contribution in [3.8, 4) is 5.82 Å². The number of carbonyl (C=O) groups is 1. The lowest BCUT2D eigenvalue weighted by Crippen LogP contribution is -2.12. The van der Waals surface area contributed by atoms with Crippen molar-refractivity contribution in [3.05, 3.63) is 34.5 Å². The van der Waals surface area contributed by atoms with Crippen molar-refractivity contribution < 1.29 is 4.79 Å². The van der Waals surface area contributed by atoms with Gasteiger partial charge in [0.25, 0.3) is 5.91 Å². The number of aryl methyl sites for hydroxylation is 1. The second-order valence-corrected chi connectivity index (χ2v) is 4.14. The van der Waals surface area contributed by atoms with Gasteiger partial charge in [-0.25, -0.2) is 14.6 Å². The van der Waals surface area contributed by atoms with Crippen LogP contribution in [0.4, 0.5) is 0 Å². The molecule has 0 spiro atoms. The van der Waals surface area contributed by atoms with Crippen LogP contribution in [0.5, 0.6) is 0 Å². The molecule has 2 N–H and O–H groups in total. The van der Waals surface area contributed by atoms with Crippen LogP contribution in [0.2, 0.25) is 0 Å². The zero-order valence-corrected chi connectivity index (χ0v) is 10.7. The summed E-state index contributed by atoms with van der Waals surface area (Å²) < 4.78 is 2.17. The van der Waals surface area contributed by atoms with E-state index in [-0.39, 0.29) is 5.69 Å². The molecule has 6 nitrogen and oxygen atoms in total. The van der Waals surface area contributed by atoms with Crippen molar-refractivity contribution in [3.63, 3.8) is 0 Å². The standard InChI is InChI=1S/C10H10BrN5O/c1-2-8-13-7(11)5-9(14-8)16-4-3-6(15-16)10(12)17/h3-5H,2H2,1H3,(H2,12,17). The van der Waals surface area contributed by atoms with Gasteiger partial charge in [-0.05, 0) is 22.0 Å². The summed E-state index contributed by atoms with van der Waals surface area (Å²) in [5.41, 5.74) is 5.34. The molecule has 2 rings (SSSR count). The van der Waals surface area contributed by atoms with Crippen LogP contribution in [0, 0.1) is 0 Å². The molecule has 2 aromatic rings. The van der Waals surface area contributed by atoms with Gasteiger partial charge in [-0.3, -0.25) is 4.79 Å². The average molecular weight is 296 g/mol. The molecule has 2 heterocycles. The molecule has 0 saturated carbocycles. The van der Waals surface area contributed by atoms with Gasteiger partial charge in [0.15, 0.2) is 5.82 Å². The Morgan fingerprint density at radius 3 is 2.88 bits per heavy atom. The second kappa shape index (κ2) is 4.62. The number of carbonyl (C=O) groups excluding carboxylic acids is 1. The first-order valence-corrected chi connectivity index (χ1v) is 5.78. The number of aromatic nitrogens is 4. The molecule has 0 aliphatic carbocycles. The molecule has 2 aromatic heterocycles. The van der Waals surface area contributed by atoms with Crippen LogP contribution in [0.3, 0.4) is 0 Å². The maximum Gasteiger partial charge on any atom is 0.269 e. The number of primary amides is 1. The fourth-order valence-corrected chi connectivity index (χ4v) is 1.72. The second-order valence-electron chi connectivity index (χ2n) is 3.33. The van der Waals surface area contributed by atoms with E-state index in [0.29, 0.717) is 16.2 Å². The molecular formula is C10H10BrN5O. The Kier molecular flexibility index (Phi) is 3.19. The monoisotopic (exact) mass is 295 g/mol. The Bertz CT molecular complexity index is 566. The van der Waals surface area contributed by atoms with Crippen LogP contribution < -0.4 is 5.73 Å². The van der Waals surface area contributed by atoms with Gasteiger partial charge in [-0.2, -0.15) is 5.10 Å². The zero-order valence-electron chi connectivity index (χ0n) is 9.09. The molecule has 0 atom stereocenters. The summed E-state index contributed by atoms with van der Waals surface area (Å²) >= 11 is 3.30. The van der Waals surface area contributed by atoms with Crippen LogP contribution in [0.25, 0.3) is 5.82 Å². The molecule has 0 fully saturated rings. The van der Waals surface area contributed by atoms with E-state index in [0.717, 1.165) is 6.42 Å². The molecule has 88 valence electrons. The molecular weight excluding hydrogens is 286 g/mol. The van der Waals surface area contributed by atoms with Gasteiger partial charge in [0, 0.05) is 18.7 Å². The first kappa shape index (κ1) is 11.7. The van der Waals surface area contributed by atoms with Crippen molar-refractivity contribution in [2.24, 2.45) is 5.73 Å². The third kappa shape index (κ3) is 2.50. The lowest BCUT2D eigenvalue weighted by Gasteiger charge is -2.03. The molecule has 1 amide bonds. The fourth-order valence-electron chi connectivity index (χ4n) is 1.31. The average Bonchev–Trinajstić information content (AvgIpc) is 2.77. The van der Waals surface area contributed by atoms with Gasteiger partial charge in [0.05, 0.1) is 0 Å². The molecule has 0 aromatic carbocycles. The van der Waals surface area contributed by atoms with Gasteiger partial charge in [0.1, 0.15) is 16.1 Å². The van der Waals surface area contributed by atoms with Crippen molar-refractivity contribution >= 4 is 21.8 Å². The van der Waals surface area contributed by atoms with Crippen molar-refractivity contribution in [2.75, 3.05) is 0 Å². The van der Waals surface area contributed by atoms with E-state index in [2.05, 4.69) is 31.0 Å². The summed E-state index contributed by atoms with van der Waals surface area (Å²) in [5.74, 6) is 0.731. The number of nitrogens with zero attached hydrogens (tertiary/aromatic N) is 4. The van der Waals surface area contributed by atoms with Crippen LogP contribution >= 0.6 is 15.9 Å². The maximum absolute atomic E-state index is 10.9. The number of rotatable bonds is 3. The van der Waals surface area contributed by atoms with E-state index in [1.807, 2.05) is 6.92 Å². The van der Waals surface area contributed by atoms with Crippen molar-refractivity contribution in [1.82, 2.24) is 19.7 Å². The minimum absolute atomic E-state index is 0.206. The van der Waals surface area contributed by atoms with Gasteiger partial charge in [-0.15, -0.1) is 0 Å². The summed E-state index contributed by atoms with van der Waals surface area (Å²) in [6.45, 7) is 1.96. The molecule has 0 unspecified atom stereocenters. The fraction of sp³-hybridized carbons (Fsp3) is 0.200. The molecule has 7 heteroatoms. The van der Waals surface area contributed by atoms with Crippen LogP contribution in [-0.4, -0.2) is 25.7 Å². The Hall–Kier alpha value is -1.76. The first-order chi connectivity index (χ1) is 8.10. The molecule has 17 heavy (non-hydrogen) atoms. The topological polar surface area (TPSA) is 86.7 Å². The Balaban J connectivity index is 2.44. The minimum atomic E-state index is -0.562. The van der Waals surface area contributed by atoms with Crippen molar-refractivity contribution in [2.45, 2.75) is 13.3 Å². The number of hydrogen-bond donors (Lipinski definition) is 1. The van der Waals surface area contributed by atoms with Crippen molar-refractivity contribution in [1.29, 1.82) is 0 Å². The Labute approximate surface area is 106 Å². The van der Waals surface area contributed by atoms with Crippen LogP contribution in [0.1, 0.15) is 23.2 Å². The van der Waals surface area contributed by atoms with Gasteiger partial charge < -0.3 is 5.73 Å². The van der Waals surface area contributed by atoms with Crippen LogP contribution in [0.15, 0.2) is 22.9 Å². The largest absolute Gasteiger partial charge is 0.364 e. The summed E-state index contributed by atoms with van der Waals surface area (Å²) in [7, 11) is 0. The zero-order chi connectivity index (χ0) is 12.4. The minimum Gasteiger partial charge on any atom is -0.364 e. The van der Waals surface area contributed by atoms with Gasteiger partial charge in [0.2, 0.25) is 0 Å². The molecule has 0 aliphatic heterocycles. The third-order valence-electron chi connectivity index (χ3n) is 2.12. The molecule has 0 aliphatic rings. The Morgan fingerprint density at radius 1 is 1.53 bits per heavy atom. The maximum atomic E-state index is 10.9. The number of amides is 1. The summed E-state index contributed by atoms with van der Waals surface area (Å²) in [6, 6.07) is 3.26. The van der Waals surface area contributed by atoms with E-state index >= 15 is 0 Å². The number of hydrogen-bond acceptors (Lipinski definition) is 4. The smallest absolute Gasteiger partial charge is 0.269 e. The molecule has 0 saturated heterocycles. The number of nitrogens with two attached hydrogens (primary N) is 1. The van der Waals surface area contributed by atoms with E-state index in [4.69, 9.17) is 5.73 Å². The highest BCUT2D eigenvalue weighted by atomic mass is 79.9. The summed E-state index contributed by atoms with van der Waals surface area (Å²) in [4.78, 5) is 19.4. The predicted molar refractivity (Wildman–Crippen MR) is 64.7 cm³/mol.